The molecular weight excluding hydrogens is 376 g/mol. The first-order valence-electron chi connectivity index (χ1n) is 9.18. The average Bonchev–Trinajstić information content (AvgIpc) is 3.12. The van der Waals surface area contributed by atoms with Crippen molar-refractivity contribution in [2.75, 3.05) is 5.75 Å². The van der Waals surface area contributed by atoms with Crippen LogP contribution in [0.5, 0.6) is 5.75 Å². The van der Waals surface area contributed by atoms with Crippen LogP contribution in [0.3, 0.4) is 0 Å². The molecule has 0 atom stereocenters. The van der Waals surface area contributed by atoms with Crippen molar-refractivity contribution in [2.45, 2.75) is 51.6 Å². The van der Waals surface area contributed by atoms with Gasteiger partial charge in [0, 0.05) is 23.7 Å². The Labute approximate surface area is 168 Å². The van der Waals surface area contributed by atoms with E-state index in [2.05, 4.69) is 15.2 Å². The average molecular weight is 401 g/mol. The second-order valence-electron chi connectivity index (χ2n) is 6.86. The first-order valence-corrected chi connectivity index (χ1v) is 10.2. The molecule has 0 saturated heterocycles. The zero-order valence-electron chi connectivity index (χ0n) is 16.5. The summed E-state index contributed by atoms with van der Waals surface area (Å²) in [7, 11) is 0. The Bertz CT molecular complexity index is 929. The predicted octanol–water partition coefficient (Wildman–Crippen LogP) is 3.93. The molecule has 1 amide bonds. The maximum atomic E-state index is 12.4. The predicted molar refractivity (Wildman–Crippen MR) is 108 cm³/mol. The van der Waals surface area contributed by atoms with Gasteiger partial charge < -0.3 is 14.1 Å². The largest absolute Gasteiger partial charge is 0.482 e. The molecule has 8 heteroatoms. The first kappa shape index (κ1) is 20.1. The van der Waals surface area contributed by atoms with E-state index in [1.54, 1.807) is 6.20 Å². The number of thioether (sulfide) groups is 1. The van der Waals surface area contributed by atoms with Gasteiger partial charge in [0.2, 0.25) is 5.91 Å². The molecule has 0 fully saturated rings. The second kappa shape index (κ2) is 9.05. The molecule has 0 N–H and O–H groups in total. The van der Waals surface area contributed by atoms with Crippen molar-refractivity contribution >= 4 is 28.6 Å². The fourth-order valence-corrected chi connectivity index (χ4v) is 3.71. The lowest BCUT2D eigenvalue weighted by Gasteiger charge is -2.30. The number of hydrogen-bond acceptors (Lipinski definition) is 7. The lowest BCUT2D eigenvalue weighted by Crippen LogP contribution is -2.43. The maximum Gasteiger partial charge on any atom is 0.277 e. The molecular formula is C20H24N4O3S. The van der Waals surface area contributed by atoms with E-state index in [0.29, 0.717) is 16.9 Å². The van der Waals surface area contributed by atoms with Crippen LogP contribution in [0.2, 0.25) is 0 Å². The molecule has 0 aliphatic heterocycles. The van der Waals surface area contributed by atoms with Gasteiger partial charge in [0.15, 0.2) is 6.61 Å². The minimum absolute atomic E-state index is 0.0489. The molecule has 2 heterocycles. The number of carbonyl (C=O) groups is 1. The molecule has 3 aromatic rings. The van der Waals surface area contributed by atoms with Crippen LogP contribution in [0, 0.1) is 0 Å². The Balaban J connectivity index is 1.58. The van der Waals surface area contributed by atoms with Gasteiger partial charge in [0.25, 0.3) is 11.1 Å². The second-order valence-corrected chi connectivity index (χ2v) is 7.79. The summed E-state index contributed by atoms with van der Waals surface area (Å²) in [5.74, 6) is 1.32. The van der Waals surface area contributed by atoms with Crippen molar-refractivity contribution in [2.24, 2.45) is 0 Å². The highest BCUT2D eigenvalue weighted by atomic mass is 32.2. The van der Waals surface area contributed by atoms with Gasteiger partial charge in [0.05, 0.1) is 5.75 Å². The van der Waals surface area contributed by atoms with E-state index in [-0.39, 0.29) is 30.4 Å². The van der Waals surface area contributed by atoms with E-state index in [4.69, 9.17) is 9.15 Å². The van der Waals surface area contributed by atoms with Gasteiger partial charge >= 0.3 is 0 Å². The van der Waals surface area contributed by atoms with Gasteiger partial charge in [-0.3, -0.25) is 9.78 Å². The van der Waals surface area contributed by atoms with Crippen molar-refractivity contribution in [1.29, 1.82) is 0 Å². The highest BCUT2D eigenvalue weighted by Gasteiger charge is 2.21. The fraction of sp³-hybridized carbons (Fsp3) is 0.400. The molecule has 0 spiro atoms. The monoisotopic (exact) mass is 400 g/mol. The van der Waals surface area contributed by atoms with Gasteiger partial charge in [-0.1, -0.05) is 30.0 Å². The molecule has 0 unspecified atom stereocenters. The SMILES string of the molecule is CC(C)N(C(=O)CSc1nnc(COc2cccc3cccnc23)o1)C(C)C. The number of hydrogen-bond donors (Lipinski definition) is 0. The molecule has 7 nitrogen and oxygen atoms in total. The minimum atomic E-state index is 0.0489. The van der Waals surface area contributed by atoms with Crippen molar-refractivity contribution in [3.63, 3.8) is 0 Å². The molecule has 0 saturated carbocycles. The summed E-state index contributed by atoms with van der Waals surface area (Å²) in [4.78, 5) is 18.6. The molecule has 0 aliphatic carbocycles. The third-order valence-corrected chi connectivity index (χ3v) is 4.92. The van der Waals surface area contributed by atoms with Crippen LogP contribution in [-0.2, 0) is 11.4 Å². The number of amides is 1. The quantitative estimate of drug-likeness (QED) is 0.530. The summed E-state index contributed by atoms with van der Waals surface area (Å²) in [5, 5.41) is 9.35. The Kier molecular flexibility index (Phi) is 6.51. The maximum absolute atomic E-state index is 12.4. The van der Waals surface area contributed by atoms with E-state index in [9.17, 15) is 4.79 Å². The zero-order valence-corrected chi connectivity index (χ0v) is 17.3. The van der Waals surface area contributed by atoms with Gasteiger partial charge in [-0.05, 0) is 39.8 Å². The number of ether oxygens (including phenoxy) is 1. The number of pyridine rings is 1. The lowest BCUT2D eigenvalue weighted by molar-refractivity contribution is -0.131. The van der Waals surface area contributed by atoms with Crippen LogP contribution in [0.4, 0.5) is 0 Å². The number of aromatic nitrogens is 3. The third kappa shape index (κ3) is 4.81. The van der Waals surface area contributed by atoms with Crippen LogP contribution in [0.25, 0.3) is 10.9 Å². The van der Waals surface area contributed by atoms with E-state index < -0.39 is 0 Å². The standard InChI is InChI=1S/C20H24N4O3S/c1-13(2)24(14(3)4)18(25)12-28-20-23-22-17(27-20)11-26-16-9-5-7-15-8-6-10-21-19(15)16/h5-10,13-14H,11-12H2,1-4H3. The number of benzene rings is 1. The Hall–Kier alpha value is -2.61. The number of nitrogens with zero attached hydrogens (tertiary/aromatic N) is 4. The van der Waals surface area contributed by atoms with E-state index in [1.165, 1.54) is 11.8 Å². The highest BCUT2D eigenvalue weighted by Crippen LogP contribution is 2.24. The molecule has 0 bridgehead atoms. The van der Waals surface area contributed by atoms with Crippen molar-refractivity contribution < 1.29 is 13.9 Å². The number of para-hydroxylation sites is 1. The molecule has 2 aromatic heterocycles. The van der Waals surface area contributed by atoms with Crippen molar-refractivity contribution in [3.8, 4) is 5.75 Å². The summed E-state index contributed by atoms with van der Waals surface area (Å²) in [6.45, 7) is 8.17. The normalized spacial score (nSPS) is 11.4. The van der Waals surface area contributed by atoms with E-state index >= 15 is 0 Å². The lowest BCUT2D eigenvalue weighted by atomic mass is 10.2. The van der Waals surface area contributed by atoms with Crippen LogP contribution < -0.4 is 4.74 Å². The van der Waals surface area contributed by atoms with Crippen LogP contribution in [0.1, 0.15) is 33.6 Å². The zero-order chi connectivity index (χ0) is 20.1. The Morgan fingerprint density at radius 1 is 1.14 bits per heavy atom. The van der Waals surface area contributed by atoms with E-state index in [1.807, 2.05) is 62.9 Å². The molecule has 0 radical (unpaired) electrons. The summed E-state index contributed by atoms with van der Waals surface area (Å²) in [6.07, 6.45) is 1.73. The summed E-state index contributed by atoms with van der Waals surface area (Å²) < 4.78 is 11.4. The smallest absolute Gasteiger partial charge is 0.277 e. The third-order valence-electron chi connectivity index (χ3n) is 4.11. The molecule has 1 aromatic carbocycles. The van der Waals surface area contributed by atoms with Gasteiger partial charge in [0.1, 0.15) is 11.3 Å². The van der Waals surface area contributed by atoms with Crippen LogP contribution in [-0.4, -0.2) is 43.8 Å². The van der Waals surface area contributed by atoms with Crippen molar-refractivity contribution in [3.05, 3.63) is 42.4 Å². The van der Waals surface area contributed by atoms with Gasteiger partial charge in [-0.25, -0.2) is 0 Å². The van der Waals surface area contributed by atoms with Gasteiger partial charge in [-0.15, -0.1) is 10.2 Å². The van der Waals surface area contributed by atoms with Crippen LogP contribution >= 0.6 is 11.8 Å². The molecule has 3 rings (SSSR count). The Morgan fingerprint density at radius 3 is 2.64 bits per heavy atom. The summed E-state index contributed by atoms with van der Waals surface area (Å²) in [6, 6.07) is 9.90. The Morgan fingerprint density at radius 2 is 1.89 bits per heavy atom. The fourth-order valence-electron chi connectivity index (χ4n) is 3.06. The van der Waals surface area contributed by atoms with Gasteiger partial charge in [-0.2, -0.15) is 0 Å². The molecule has 148 valence electrons. The molecule has 28 heavy (non-hydrogen) atoms. The highest BCUT2D eigenvalue weighted by molar-refractivity contribution is 7.99. The molecule has 0 aliphatic rings. The first-order chi connectivity index (χ1) is 13.5. The topological polar surface area (TPSA) is 81.4 Å². The van der Waals surface area contributed by atoms with Crippen LogP contribution in [0.15, 0.2) is 46.2 Å². The van der Waals surface area contributed by atoms with Crippen molar-refractivity contribution in [1.82, 2.24) is 20.1 Å². The number of rotatable bonds is 8. The number of fused-ring (bicyclic) bond motifs is 1. The summed E-state index contributed by atoms with van der Waals surface area (Å²) in [5.41, 5.74) is 0.784. The minimum Gasteiger partial charge on any atom is -0.482 e. The van der Waals surface area contributed by atoms with E-state index in [0.717, 1.165) is 10.9 Å². The summed E-state index contributed by atoms with van der Waals surface area (Å²) >= 11 is 1.24. The number of carbonyl (C=O) groups excluding carboxylic acids is 1.